The molecule has 2 aromatic carbocycles. The van der Waals surface area contributed by atoms with Crippen molar-refractivity contribution >= 4 is 39.9 Å². The van der Waals surface area contributed by atoms with Crippen LogP contribution in [0.15, 0.2) is 48.5 Å². The van der Waals surface area contributed by atoms with Gasteiger partial charge in [-0.05, 0) is 52.9 Å². The van der Waals surface area contributed by atoms with Crippen molar-refractivity contribution in [1.82, 2.24) is 0 Å². The minimum atomic E-state index is -0.0841. The predicted molar refractivity (Wildman–Crippen MR) is 96.6 cm³/mol. The molecule has 0 bridgehead atoms. The van der Waals surface area contributed by atoms with Crippen molar-refractivity contribution < 1.29 is 9.53 Å². The SMILES string of the molecule is O=C(Nc1ccccc1N1CCOCC1)c1cccc(I)c1. The fraction of sp³-hybridized carbons (Fsp3) is 0.235. The Hall–Kier alpha value is -1.60. The van der Waals surface area contributed by atoms with Crippen molar-refractivity contribution in [2.75, 3.05) is 36.5 Å². The summed E-state index contributed by atoms with van der Waals surface area (Å²) in [5.41, 5.74) is 2.56. The van der Waals surface area contributed by atoms with E-state index in [1.165, 1.54) is 0 Å². The molecule has 3 rings (SSSR count). The van der Waals surface area contributed by atoms with Gasteiger partial charge in [-0.3, -0.25) is 4.79 Å². The van der Waals surface area contributed by atoms with Crippen LogP contribution in [0.25, 0.3) is 0 Å². The van der Waals surface area contributed by atoms with Crippen LogP contribution < -0.4 is 10.2 Å². The molecule has 22 heavy (non-hydrogen) atoms. The summed E-state index contributed by atoms with van der Waals surface area (Å²) >= 11 is 2.21. The lowest BCUT2D eigenvalue weighted by atomic mass is 10.2. The third-order valence-corrected chi connectivity index (χ3v) is 4.26. The number of morpholine rings is 1. The first-order chi connectivity index (χ1) is 10.7. The number of hydrogen-bond acceptors (Lipinski definition) is 3. The highest BCUT2D eigenvalue weighted by molar-refractivity contribution is 14.1. The Morgan fingerprint density at radius 3 is 2.64 bits per heavy atom. The molecular formula is C17H17IN2O2. The molecule has 5 heteroatoms. The van der Waals surface area contributed by atoms with Gasteiger partial charge in [0.2, 0.25) is 0 Å². The van der Waals surface area contributed by atoms with E-state index >= 15 is 0 Å². The standard InChI is InChI=1S/C17H17IN2O2/c18-14-5-3-4-13(12-14)17(21)19-15-6-1-2-7-16(15)20-8-10-22-11-9-20/h1-7,12H,8-11H2,(H,19,21). The molecule has 0 atom stereocenters. The van der Waals surface area contributed by atoms with Crippen molar-refractivity contribution in [2.45, 2.75) is 0 Å². The number of ether oxygens (including phenoxy) is 1. The summed E-state index contributed by atoms with van der Waals surface area (Å²) in [6.45, 7) is 3.13. The smallest absolute Gasteiger partial charge is 0.255 e. The molecule has 1 N–H and O–H groups in total. The molecular weight excluding hydrogens is 391 g/mol. The average molecular weight is 408 g/mol. The Morgan fingerprint density at radius 1 is 1.09 bits per heavy atom. The van der Waals surface area contributed by atoms with E-state index in [1.807, 2.05) is 48.5 Å². The Bertz CT molecular complexity index is 669. The van der Waals surface area contributed by atoms with Crippen molar-refractivity contribution in [3.63, 3.8) is 0 Å². The summed E-state index contributed by atoms with van der Waals surface area (Å²) in [6.07, 6.45) is 0. The quantitative estimate of drug-likeness (QED) is 0.792. The number of para-hydroxylation sites is 2. The van der Waals surface area contributed by atoms with Gasteiger partial charge in [0, 0.05) is 22.2 Å². The van der Waals surface area contributed by atoms with E-state index in [1.54, 1.807) is 0 Å². The Kier molecular flexibility index (Phi) is 4.94. The summed E-state index contributed by atoms with van der Waals surface area (Å²) < 4.78 is 6.44. The third kappa shape index (κ3) is 3.59. The molecule has 0 saturated carbocycles. The number of carbonyl (C=O) groups excluding carboxylic acids is 1. The zero-order valence-electron chi connectivity index (χ0n) is 12.1. The highest BCUT2D eigenvalue weighted by atomic mass is 127. The van der Waals surface area contributed by atoms with Gasteiger partial charge < -0.3 is 15.0 Å². The van der Waals surface area contributed by atoms with Gasteiger partial charge in [0.05, 0.1) is 24.6 Å². The van der Waals surface area contributed by atoms with Crippen LogP contribution in [0.1, 0.15) is 10.4 Å². The van der Waals surface area contributed by atoms with Gasteiger partial charge in [0.15, 0.2) is 0 Å². The number of nitrogens with zero attached hydrogens (tertiary/aromatic N) is 1. The van der Waals surface area contributed by atoms with Crippen LogP contribution in [-0.2, 0) is 4.74 Å². The maximum atomic E-state index is 12.4. The highest BCUT2D eigenvalue weighted by Gasteiger charge is 2.16. The zero-order chi connectivity index (χ0) is 15.4. The maximum absolute atomic E-state index is 12.4. The maximum Gasteiger partial charge on any atom is 0.255 e. The van der Waals surface area contributed by atoms with Crippen molar-refractivity contribution in [3.05, 3.63) is 57.7 Å². The van der Waals surface area contributed by atoms with E-state index in [0.29, 0.717) is 5.56 Å². The lowest BCUT2D eigenvalue weighted by molar-refractivity contribution is 0.102. The summed E-state index contributed by atoms with van der Waals surface area (Å²) in [7, 11) is 0. The number of carbonyl (C=O) groups is 1. The Balaban J connectivity index is 1.81. The van der Waals surface area contributed by atoms with E-state index in [4.69, 9.17) is 4.74 Å². The molecule has 0 aliphatic carbocycles. The number of rotatable bonds is 3. The van der Waals surface area contributed by atoms with Gasteiger partial charge in [0.25, 0.3) is 5.91 Å². The normalized spacial score (nSPS) is 14.7. The minimum absolute atomic E-state index is 0.0841. The molecule has 1 heterocycles. The zero-order valence-corrected chi connectivity index (χ0v) is 14.2. The first-order valence-electron chi connectivity index (χ1n) is 7.23. The lowest BCUT2D eigenvalue weighted by Crippen LogP contribution is -2.36. The van der Waals surface area contributed by atoms with E-state index in [0.717, 1.165) is 41.2 Å². The van der Waals surface area contributed by atoms with Crippen LogP contribution in [-0.4, -0.2) is 32.2 Å². The summed E-state index contributed by atoms with van der Waals surface area (Å²) in [5, 5.41) is 3.03. The molecule has 1 fully saturated rings. The highest BCUT2D eigenvalue weighted by Crippen LogP contribution is 2.26. The molecule has 1 amide bonds. The van der Waals surface area contributed by atoms with Gasteiger partial charge in [0.1, 0.15) is 0 Å². The van der Waals surface area contributed by atoms with Crippen molar-refractivity contribution in [2.24, 2.45) is 0 Å². The van der Waals surface area contributed by atoms with Crippen LogP contribution in [0, 0.1) is 3.57 Å². The fourth-order valence-electron chi connectivity index (χ4n) is 2.48. The van der Waals surface area contributed by atoms with Gasteiger partial charge in [-0.1, -0.05) is 18.2 Å². The number of hydrogen-bond donors (Lipinski definition) is 1. The fourth-order valence-corrected chi connectivity index (χ4v) is 3.03. The molecule has 0 unspecified atom stereocenters. The largest absolute Gasteiger partial charge is 0.378 e. The number of nitrogens with one attached hydrogen (secondary N) is 1. The second kappa shape index (κ2) is 7.11. The van der Waals surface area contributed by atoms with Crippen LogP contribution in [0.2, 0.25) is 0 Å². The third-order valence-electron chi connectivity index (χ3n) is 3.59. The van der Waals surface area contributed by atoms with E-state index in [-0.39, 0.29) is 5.91 Å². The number of halogens is 1. The summed E-state index contributed by atoms with van der Waals surface area (Å²) in [4.78, 5) is 14.7. The molecule has 0 radical (unpaired) electrons. The molecule has 4 nitrogen and oxygen atoms in total. The van der Waals surface area contributed by atoms with Gasteiger partial charge in [-0.25, -0.2) is 0 Å². The molecule has 1 aliphatic heterocycles. The molecule has 1 saturated heterocycles. The van der Waals surface area contributed by atoms with E-state index in [2.05, 4.69) is 32.8 Å². The van der Waals surface area contributed by atoms with Crippen molar-refractivity contribution in [3.8, 4) is 0 Å². The molecule has 0 spiro atoms. The second-order valence-corrected chi connectivity index (χ2v) is 6.33. The van der Waals surface area contributed by atoms with Gasteiger partial charge >= 0.3 is 0 Å². The molecule has 0 aromatic heterocycles. The molecule has 114 valence electrons. The van der Waals surface area contributed by atoms with Crippen LogP contribution in [0.3, 0.4) is 0 Å². The van der Waals surface area contributed by atoms with Gasteiger partial charge in [-0.2, -0.15) is 0 Å². The van der Waals surface area contributed by atoms with Crippen LogP contribution in [0.5, 0.6) is 0 Å². The van der Waals surface area contributed by atoms with E-state index in [9.17, 15) is 4.79 Å². The van der Waals surface area contributed by atoms with Crippen molar-refractivity contribution in [1.29, 1.82) is 0 Å². The van der Waals surface area contributed by atoms with E-state index < -0.39 is 0 Å². The predicted octanol–water partition coefficient (Wildman–Crippen LogP) is 3.38. The summed E-state index contributed by atoms with van der Waals surface area (Å²) in [5.74, 6) is -0.0841. The first kappa shape index (κ1) is 15.3. The number of anilines is 2. The Labute approximate surface area is 143 Å². The topological polar surface area (TPSA) is 41.6 Å². The van der Waals surface area contributed by atoms with Crippen LogP contribution in [0.4, 0.5) is 11.4 Å². The Morgan fingerprint density at radius 2 is 1.86 bits per heavy atom. The number of benzene rings is 2. The summed E-state index contributed by atoms with van der Waals surface area (Å²) in [6, 6.07) is 15.5. The van der Waals surface area contributed by atoms with Gasteiger partial charge in [-0.15, -0.1) is 0 Å². The molecule has 1 aliphatic rings. The minimum Gasteiger partial charge on any atom is -0.378 e. The van der Waals surface area contributed by atoms with Crippen LogP contribution >= 0.6 is 22.6 Å². The average Bonchev–Trinajstić information content (AvgIpc) is 2.56. The number of amides is 1. The second-order valence-electron chi connectivity index (χ2n) is 5.08. The molecule has 2 aromatic rings. The lowest BCUT2D eigenvalue weighted by Gasteiger charge is -2.30. The monoisotopic (exact) mass is 408 g/mol. The first-order valence-corrected chi connectivity index (χ1v) is 8.30.